The van der Waals surface area contributed by atoms with Gasteiger partial charge in [0.25, 0.3) is 0 Å². The van der Waals surface area contributed by atoms with Crippen molar-refractivity contribution in [3.05, 3.63) is 63.6 Å². The van der Waals surface area contributed by atoms with Gasteiger partial charge in [-0.15, -0.1) is 0 Å². The van der Waals surface area contributed by atoms with Crippen molar-refractivity contribution in [2.24, 2.45) is 5.84 Å². The first kappa shape index (κ1) is 16.1. The molecule has 0 saturated heterocycles. The highest BCUT2D eigenvalue weighted by Gasteiger charge is 2.20. The van der Waals surface area contributed by atoms with Crippen LogP contribution >= 0.6 is 23.2 Å². The number of nitrogens with two attached hydrogens (primary N) is 1. The molecule has 0 amide bonds. The van der Waals surface area contributed by atoms with Crippen LogP contribution in [0.2, 0.25) is 10.0 Å². The summed E-state index contributed by atoms with van der Waals surface area (Å²) in [6.07, 6.45) is 0.0743. The first-order valence-electron chi connectivity index (χ1n) is 6.69. The Balaban J connectivity index is 2.46. The molecule has 2 aromatic carbocycles. The Morgan fingerprint density at radius 1 is 1.05 bits per heavy atom. The number of nitrogens with one attached hydrogen (secondary N) is 1. The van der Waals surface area contributed by atoms with Gasteiger partial charge in [0, 0.05) is 15.6 Å². The molecule has 0 aliphatic heterocycles. The van der Waals surface area contributed by atoms with Crippen molar-refractivity contribution in [1.29, 1.82) is 0 Å². The van der Waals surface area contributed by atoms with Crippen molar-refractivity contribution >= 4 is 23.2 Å². The van der Waals surface area contributed by atoms with Gasteiger partial charge in [0.2, 0.25) is 0 Å². The van der Waals surface area contributed by atoms with Crippen molar-refractivity contribution in [3.63, 3.8) is 0 Å². The molecule has 3 N–H and O–H groups in total. The van der Waals surface area contributed by atoms with E-state index in [-0.39, 0.29) is 12.1 Å². The van der Waals surface area contributed by atoms with Crippen LogP contribution in [-0.2, 0) is 0 Å². The minimum atomic E-state index is -0.273. The first-order valence-corrected chi connectivity index (χ1v) is 7.45. The normalized spacial score (nSPS) is 12.5. The number of hydrazine groups is 1. The standard InChI is InChI=1S/C16H18Cl2N2O/c1-10(2)21-15-6-4-3-5-13(15)16(20-19)12-8-7-11(17)9-14(12)18/h3-10,16,20H,19H2,1-2H3. The minimum absolute atomic E-state index is 0.0743. The summed E-state index contributed by atoms with van der Waals surface area (Å²) in [4.78, 5) is 0. The summed E-state index contributed by atoms with van der Waals surface area (Å²) in [5.74, 6) is 6.53. The second kappa shape index (κ2) is 7.14. The topological polar surface area (TPSA) is 47.3 Å². The van der Waals surface area contributed by atoms with Gasteiger partial charge >= 0.3 is 0 Å². The van der Waals surface area contributed by atoms with E-state index in [0.29, 0.717) is 10.0 Å². The Hall–Kier alpha value is -1.26. The van der Waals surface area contributed by atoms with Gasteiger partial charge in [0.15, 0.2) is 0 Å². The van der Waals surface area contributed by atoms with E-state index in [1.54, 1.807) is 12.1 Å². The molecule has 2 aromatic rings. The number of rotatable bonds is 5. The zero-order valence-electron chi connectivity index (χ0n) is 11.9. The monoisotopic (exact) mass is 324 g/mol. The Morgan fingerprint density at radius 3 is 2.38 bits per heavy atom. The van der Waals surface area contributed by atoms with Crippen LogP contribution in [0.5, 0.6) is 5.75 Å². The Kier molecular flexibility index (Phi) is 5.48. The van der Waals surface area contributed by atoms with E-state index >= 15 is 0 Å². The SMILES string of the molecule is CC(C)Oc1ccccc1C(NN)c1ccc(Cl)cc1Cl. The van der Waals surface area contributed by atoms with E-state index in [1.165, 1.54) is 0 Å². The predicted octanol–water partition coefficient (Wildman–Crippen LogP) is 4.33. The molecule has 21 heavy (non-hydrogen) atoms. The molecule has 0 fully saturated rings. The maximum absolute atomic E-state index is 6.29. The van der Waals surface area contributed by atoms with Crippen LogP contribution < -0.4 is 16.0 Å². The third kappa shape index (κ3) is 3.89. The summed E-state index contributed by atoms with van der Waals surface area (Å²) < 4.78 is 5.85. The lowest BCUT2D eigenvalue weighted by atomic mass is 9.98. The second-order valence-corrected chi connectivity index (χ2v) is 5.81. The zero-order valence-corrected chi connectivity index (χ0v) is 13.4. The molecular weight excluding hydrogens is 307 g/mol. The lowest BCUT2D eigenvalue weighted by Gasteiger charge is -2.22. The van der Waals surface area contributed by atoms with Crippen LogP contribution in [0, 0.1) is 0 Å². The molecule has 112 valence electrons. The molecule has 0 bridgehead atoms. The Morgan fingerprint density at radius 2 is 1.76 bits per heavy atom. The average molecular weight is 325 g/mol. The number of hydrogen-bond donors (Lipinski definition) is 2. The summed E-state index contributed by atoms with van der Waals surface area (Å²) in [5.41, 5.74) is 4.58. The van der Waals surface area contributed by atoms with Gasteiger partial charge in [-0.05, 0) is 37.6 Å². The lowest BCUT2D eigenvalue weighted by molar-refractivity contribution is 0.238. The van der Waals surface area contributed by atoms with Crippen molar-refractivity contribution in [2.45, 2.75) is 26.0 Å². The van der Waals surface area contributed by atoms with Gasteiger partial charge in [-0.25, -0.2) is 5.43 Å². The molecule has 0 aromatic heterocycles. The van der Waals surface area contributed by atoms with Crippen LogP contribution in [0.25, 0.3) is 0 Å². The summed E-state index contributed by atoms with van der Waals surface area (Å²) in [6.45, 7) is 3.97. The minimum Gasteiger partial charge on any atom is -0.491 e. The highest BCUT2D eigenvalue weighted by Crippen LogP contribution is 2.34. The van der Waals surface area contributed by atoms with Crippen LogP contribution in [-0.4, -0.2) is 6.10 Å². The van der Waals surface area contributed by atoms with Crippen LogP contribution in [0.4, 0.5) is 0 Å². The van der Waals surface area contributed by atoms with Crippen molar-refractivity contribution in [1.82, 2.24) is 5.43 Å². The summed E-state index contributed by atoms with van der Waals surface area (Å²) in [6, 6.07) is 12.8. The van der Waals surface area contributed by atoms with Gasteiger partial charge in [0.05, 0.1) is 12.1 Å². The zero-order chi connectivity index (χ0) is 15.4. The van der Waals surface area contributed by atoms with Crippen molar-refractivity contribution in [3.8, 4) is 5.75 Å². The third-order valence-electron chi connectivity index (χ3n) is 3.03. The second-order valence-electron chi connectivity index (χ2n) is 4.97. The maximum Gasteiger partial charge on any atom is 0.124 e. The van der Waals surface area contributed by atoms with Crippen LogP contribution in [0.15, 0.2) is 42.5 Å². The van der Waals surface area contributed by atoms with Gasteiger partial charge < -0.3 is 4.74 Å². The Labute approximate surface area is 135 Å². The fourth-order valence-corrected chi connectivity index (χ4v) is 2.68. The summed E-state index contributed by atoms with van der Waals surface area (Å²) in [7, 11) is 0. The molecule has 0 aliphatic carbocycles. The number of halogens is 2. The number of ether oxygens (including phenoxy) is 1. The molecular formula is C16H18Cl2N2O. The molecule has 1 atom stereocenters. The smallest absolute Gasteiger partial charge is 0.124 e. The van der Waals surface area contributed by atoms with Gasteiger partial charge in [-0.1, -0.05) is 47.5 Å². The highest BCUT2D eigenvalue weighted by molar-refractivity contribution is 6.35. The van der Waals surface area contributed by atoms with E-state index in [4.69, 9.17) is 33.8 Å². The number of benzene rings is 2. The highest BCUT2D eigenvalue weighted by atomic mass is 35.5. The van der Waals surface area contributed by atoms with E-state index < -0.39 is 0 Å². The summed E-state index contributed by atoms with van der Waals surface area (Å²) >= 11 is 12.2. The molecule has 2 rings (SSSR count). The van der Waals surface area contributed by atoms with Crippen LogP contribution in [0.1, 0.15) is 31.0 Å². The number of hydrogen-bond acceptors (Lipinski definition) is 3. The van der Waals surface area contributed by atoms with Gasteiger partial charge in [-0.3, -0.25) is 5.84 Å². The van der Waals surface area contributed by atoms with E-state index in [9.17, 15) is 0 Å². The maximum atomic E-state index is 6.29. The fraction of sp³-hybridized carbons (Fsp3) is 0.250. The van der Waals surface area contributed by atoms with Gasteiger partial charge in [-0.2, -0.15) is 0 Å². The molecule has 0 aliphatic rings. The molecule has 0 saturated carbocycles. The largest absolute Gasteiger partial charge is 0.491 e. The quantitative estimate of drug-likeness (QED) is 0.635. The van der Waals surface area contributed by atoms with E-state index in [0.717, 1.165) is 16.9 Å². The molecule has 5 heteroatoms. The molecule has 0 heterocycles. The fourth-order valence-electron chi connectivity index (χ4n) is 2.16. The molecule has 3 nitrogen and oxygen atoms in total. The predicted molar refractivity (Wildman–Crippen MR) is 87.8 cm³/mol. The molecule has 0 spiro atoms. The Bertz CT molecular complexity index is 617. The number of para-hydroxylation sites is 1. The molecule has 1 unspecified atom stereocenters. The first-order chi connectivity index (χ1) is 10.0. The molecule has 0 radical (unpaired) electrons. The van der Waals surface area contributed by atoms with E-state index in [2.05, 4.69) is 5.43 Å². The van der Waals surface area contributed by atoms with Crippen molar-refractivity contribution in [2.75, 3.05) is 0 Å². The van der Waals surface area contributed by atoms with E-state index in [1.807, 2.05) is 44.2 Å². The lowest BCUT2D eigenvalue weighted by Crippen LogP contribution is -2.29. The third-order valence-corrected chi connectivity index (χ3v) is 3.60. The van der Waals surface area contributed by atoms with Gasteiger partial charge in [0.1, 0.15) is 5.75 Å². The summed E-state index contributed by atoms with van der Waals surface area (Å²) in [5, 5.41) is 1.15. The van der Waals surface area contributed by atoms with Crippen LogP contribution in [0.3, 0.4) is 0 Å². The average Bonchev–Trinajstić information content (AvgIpc) is 2.43. The van der Waals surface area contributed by atoms with Crippen molar-refractivity contribution < 1.29 is 4.74 Å².